The number of anilines is 1. The first kappa shape index (κ1) is 26.7. The van der Waals surface area contributed by atoms with Crippen LogP contribution in [0, 0.1) is 0 Å². The van der Waals surface area contributed by atoms with Gasteiger partial charge in [0.05, 0.1) is 25.9 Å². The molecule has 0 aliphatic carbocycles. The molecule has 2 N–H and O–H groups in total. The summed E-state index contributed by atoms with van der Waals surface area (Å²) in [5, 5.41) is 0. The number of methoxy groups -OCH3 is 1. The van der Waals surface area contributed by atoms with Gasteiger partial charge in [-0.15, -0.1) is 0 Å². The van der Waals surface area contributed by atoms with E-state index in [1.165, 1.54) is 23.9 Å². The maximum Gasteiger partial charge on any atom is 0.356 e. The van der Waals surface area contributed by atoms with Crippen molar-refractivity contribution in [2.24, 2.45) is 0 Å². The third kappa shape index (κ3) is 8.38. The van der Waals surface area contributed by atoms with Crippen molar-refractivity contribution in [1.82, 2.24) is 9.55 Å². The molecule has 1 saturated heterocycles. The summed E-state index contributed by atoms with van der Waals surface area (Å²) in [6, 6.07) is 10.4. The highest BCUT2D eigenvalue weighted by Crippen LogP contribution is 2.48. The number of aromatic nitrogens is 2. The average Bonchev–Trinajstić information content (AvgIpc) is 3.27. The smallest absolute Gasteiger partial charge is 0.356 e. The largest absolute Gasteiger partial charge is 0.465 e. The van der Waals surface area contributed by atoms with Gasteiger partial charge in [-0.05, 0) is 38.5 Å². The van der Waals surface area contributed by atoms with E-state index in [1.54, 1.807) is 38.1 Å². The highest BCUT2D eigenvalue weighted by atomic mass is 31.2. The number of ether oxygens (including phenoxy) is 3. The second-order valence-electron chi connectivity index (χ2n) is 6.74. The van der Waals surface area contributed by atoms with Crippen molar-refractivity contribution in [3.05, 3.63) is 58.6 Å². The molecule has 2 aromatic rings. The molecule has 33 heavy (non-hydrogen) atoms. The Morgan fingerprint density at radius 1 is 1.18 bits per heavy atom. The number of nitrogens with two attached hydrogens (primary N) is 1. The summed E-state index contributed by atoms with van der Waals surface area (Å²) in [4.78, 5) is 26.2. The van der Waals surface area contributed by atoms with Gasteiger partial charge in [-0.2, -0.15) is 4.98 Å². The van der Waals surface area contributed by atoms with Crippen molar-refractivity contribution in [2.75, 3.05) is 32.4 Å². The summed E-state index contributed by atoms with van der Waals surface area (Å²) in [5.41, 5.74) is 5.56. The minimum absolute atomic E-state index is 0.159. The second kappa shape index (κ2) is 13.2. The van der Waals surface area contributed by atoms with E-state index in [0.29, 0.717) is 18.4 Å². The Bertz CT molecular complexity index is 975. The quantitative estimate of drug-likeness (QED) is 0.417. The monoisotopic (exact) mass is 483 g/mol. The fourth-order valence-corrected chi connectivity index (χ4v) is 4.29. The topological polar surface area (TPSA) is 141 Å². The van der Waals surface area contributed by atoms with Gasteiger partial charge in [0.2, 0.25) is 0 Å². The molecular weight excluding hydrogens is 453 g/mol. The van der Waals surface area contributed by atoms with Crippen LogP contribution in [0.4, 0.5) is 5.82 Å². The predicted molar refractivity (Wildman–Crippen MR) is 121 cm³/mol. The summed E-state index contributed by atoms with van der Waals surface area (Å²) in [7, 11) is -1.91. The van der Waals surface area contributed by atoms with E-state index in [-0.39, 0.29) is 31.3 Å². The van der Waals surface area contributed by atoms with Crippen LogP contribution in [0.3, 0.4) is 0 Å². The normalized spacial score (nSPS) is 17.8. The highest BCUT2D eigenvalue weighted by Gasteiger charge is 2.32. The molecule has 0 bridgehead atoms. The van der Waals surface area contributed by atoms with Gasteiger partial charge in [-0.1, -0.05) is 18.2 Å². The zero-order valence-corrected chi connectivity index (χ0v) is 19.8. The number of carbonyl (C=O) groups excluding carboxylic acids is 1. The fraction of sp³-hybridized carbons (Fsp3) is 0.476. The molecule has 3 rings (SSSR count). The Labute approximate surface area is 192 Å². The summed E-state index contributed by atoms with van der Waals surface area (Å²) >= 11 is 0. The fourth-order valence-electron chi connectivity index (χ4n) is 2.93. The van der Waals surface area contributed by atoms with E-state index in [2.05, 4.69) is 9.72 Å². The van der Waals surface area contributed by atoms with E-state index in [9.17, 15) is 14.2 Å². The highest BCUT2D eigenvalue weighted by molar-refractivity contribution is 7.53. The first-order chi connectivity index (χ1) is 15.8. The van der Waals surface area contributed by atoms with Gasteiger partial charge in [0, 0.05) is 12.6 Å². The number of hydrogen-bond donors (Lipinski definition) is 1. The zero-order valence-electron chi connectivity index (χ0n) is 18.9. The van der Waals surface area contributed by atoms with Gasteiger partial charge in [0.1, 0.15) is 12.0 Å². The van der Waals surface area contributed by atoms with Crippen molar-refractivity contribution < 1.29 is 32.6 Å². The van der Waals surface area contributed by atoms with Gasteiger partial charge >= 0.3 is 19.3 Å². The van der Waals surface area contributed by atoms with Crippen molar-refractivity contribution in [3.63, 3.8) is 0 Å². The maximum absolute atomic E-state index is 12.3. The Balaban J connectivity index is 0.000000321. The summed E-state index contributed by atoms with van der Waals surface area (Å²) in [6.07, 6.45) is 1.39. The lowest BCUT2D eigenvalue weighted by atomic mass is 10.2. The number of benzene rings is 1. The Kier molecular flexibility index (Phi) is 10.7. The molecule has 2 atom stereocenters. The van der Waals surface area contributed by atoms with Crippen LogP contribution < -0.4 is 11.4 Å². The van der Waals surface area contributed by atoms with Gasteiger partial charge in [-0.3, -0.25) is 9.13 Å². The summed E-state index contributed by atoms with van der Waals surface area (Å²) in [6.45, 7) is 3.99. The van der Waals surface area contributed by atoms with Crippen molar-refractivity contribution in [2.45, 2.75) is 39.2 Å². The van der Waals surface area contributed by atoms with Crippen LogP contribution >= 0.6 is 7.60 Å². The number of rotatable bonds is 9. The van der Waals surface area contributed by atoms with Gasteiger partial charge < -0.3 is 29.0 Å². The molecular formula is C21H30N3O8P. The van der Waals surface area contributed by atoms with Gasteiger partial charge in [0.25, 0.3) is 0 Å². The Morgan fingerprint density at radius 2 is 1.85 bits per heavy atom. The van der Waals surface area contributed by atoms with Crippen LogP contribution in [0.2, 0.25) is 0 Å². The molecule has 11 nitrogen and oxygen atoms in total. The van der Waals surface area contributed by atoms with E-state index in [0.717, 1.165) is 0 Å². The van der Waals surface area contributed by atoms with E-state index < -0.39 is 25.8 Å². The van der Waals surface area contributed by atoms with Gasteiger partial charge in [0.15, 0.2) is 12.6 Å². The first-order valence-corrected chi connectivity index (χ1v) is 12.2. The molecule has 0 unspecified atom stereocenters. The zero-order chi connectivity index (χ0) is 24.3. The van der Waals surface area contributed by atoms with Crippen LogP contribution in [0.15, 0.2) is 47.4 Å². The molecule has 0 spiro atoms. The molecule has 0 amide bonds. The predicted octanol–water partition coefficient (Wildman–Crippen LogP) is 3.17. The first-order valence-electron chi connectivity index (χ1n) is 10.4. The number of nitrogen functional groups attached to an aromatic ring is 1. The molecule has 0 saturated carbocycles. The standard InChI is InChI=1S/C13H22N3O6P.C8H8O2/c1-3-20-23(18,21-4-2)9-19-12-6-5-11(22-12)16-8-7-10(14)15-13(16)17;1-10-8(9)7-5-3-2-4-6-7/h7-8,11-12H,3-6,9H2,1-2H3,(H2,14,15,17);2-6H,1H3/t11-,12+;/m1./s1. The number of carbonyl (C=O) groups is 1. The molecule has 1 aromatic carbocycles. The lowest BCUT2D eigenvalue weighted by Crippen LogP contribution is -2.27. The third-order valence-electron chi connectivity index (χ3n) is 4.38. The van der Waals surface area contributed by atoms with Crippen molar-refractivity contribution in [3.8, 4) is 0 Å². The van der Waals surface area contributed by atoms with Crippen LogP contribution in [0.1, 0.15) is 43.3 Å². The molecule has 2 heterocycles. The lowest BCUT2D eigenvalue weighted by Gasteiger charge is -2.20. The Morgan fingerprint density at radius 3 is 2.42 bits per heavy atom. The van der Waals surface area contributed by atoms with Crippen LogP contribution in [-0.2, 0) is 27.8 Å². The molecule has 12 heteroatoms. The average molecular weight is 483 g/mol. The Hall–Kier alpha value is -2.56. The third-order valence-corrected chi connectivity index (χ3v) is 6.15. The number of esters is 1. The second-order valence-corrected chi connectivity index (χ2v) is 8.74. The molecule has 182 valence electrons. The van der Waals surface area contributed by atoms with Crippen LogP contribution in [0.5, 0.6) is 0 Å². The van der Waals surface area contributed by atoms with E-state index in [4.69, 9.17) is 24.3 Å². The maximum atomic E-state index is 12.3. The van der Waals surface area contributed by atoms with E-state index >= 15 is 0 Å². The molecule has 1 fully saturated rings. The summed E-state index contributed by atoms with van der Waals surface area (Å²) in [5.74, 6) is -0.132. The minimum atomic E-state index is -3.28. The van der Waals surface area contributed by atoms with Crippen LogP contribution in [-0.4, -0.2) is 48.5 Å². The SMILES string of the molecule is CCOP(=O)(CO[C@@H]1CC[C@H](n2ccc(N)nc2=O)O1)OCC.COC(=O)c1ccccc1. The molecule has 1 aliphatic rings. The minimum Gasteiger partial charge on any atom is -0.465 e. The molecule has 1 aliphatic heterocycles. The van der Waals surface area contributed by atoms with Crippen LogP contribution in [0.25, 0.3) is 0 Å². The van der Waals surface area contributed by atoms with Gasteiger partial charge in [-0.25, -0.2) is 9.59 Å². The molecule has 0 radical (unpaired) electrons. The lowest BCUT2D eigenvalue weighted by molar-refractivity contribution is -0.142. The van der Waals surface area contributed by atoms with Crippen molar-refractivity contribution in [1.29, 1.82) is 0 Å². The van der Waals surface area contributed by atoms with E-state index in [1.807, 2.05) is 6.07 Å². The number of hydrogen-bond acceptors (Lipinski definition) is 10. The number of nitrogens with zero attached hydrogens (tertiary/aromatic N) is 2. The summed E-state index contributed by atoms with van der Waals surface area (Å²) < 4.78 is 39.6. The van der Waals surface area contributed by atoms with Crippen molar-refractivity contribution >= 4 is 19.4 Å². The molecule has 1 aromatic heterocycles.